The molecule has 3 rings (SSSR count). The molecule has 19 heavy (non-hydrogen) atoms. The van der Waals surface area contributed by atoms with E-state index >= 15 is 0 Å². The predicted molar refractivity (Wildman–Crippen MR) is 76.3 cm³/mol. The Bertz CT molecular complexity index is 786. The Morgan fingerprint density at radius 1 is 1.26 bits per heavy atom. The summed E-state index contributed by atoms with van der Waals surface area (Å²) in [6.45, 7) is 0. The smallest absolute Gasteiger partial charge is 0.128 e. The predicted octanol–water partition coefficient (Wildman–Crippen LogP) is 3.84. The van der Waals surface area contributed by atoms with Gasteiger partial charge in [0.05, 0.1) is 23.4 Å². The molecule has 0 amide bonds. The van der Waals surface area contributed by atoms with Crippen molar-refractivity contribution >= 4 is 21.6 Å². The Labute approximate surface area is 114 Å². The fourth-order valence-corrected chi connectivity index (χ4v) is 2.91. The molecule has 0 aliphatic heterocycles. The molecule has 0 saturated carbocycles. The van der Waals surface area contributed by atoms with E-state index < -0.39 is 0 Å². The maximum Gasteiger partial charge on any atom is 0.128 e. The highest BCUT2D eigenvalue weighted by atomic mass is 32.1. The molecule has 0 bridgehead atoms. The molecule has 0 atom stereocenters. The van der Waals surface area contributed by atoms with E-state index in [1.54, 1.807) is 13.2 Å². The van der Waals surface area contributed by atoms with Crippen molar-refractivity contribution in [3.05, 3.63) is 48.2 Å². The van der Waals surface area contributed by atoms with E-state index in [2.05, 4.69) is 10.4 Å². The fourth-order valence-electron chi connectivity index (χ4n) is 2.10. The molecule has 3 aromatic rings. The van der Waals surface area contributed by atoms with Gasteiger partial charge in [0.25, 0.3) is 0 Å². The lowest BCUT2D eigenvalue weighted by Crippen LogP contribution is -1.88. The normalized spacial score (nSPS) is 10.3. The van der Waals surface area contributed by atoms with Crippen LogP contribution in [0.15, 0.2) is 42.6 Å². The van der Waals surface area contributed by atoms with Crippen molar-refractivity contribution in [1.29, 1.82) is 5.26 Å². The number of ether oxygens (including phenoxy) is 1. The molecule has 0 N–H and O–H groups in total. The van der Waals surface area contributed by atoms with Crippen molar-refractivity contribution in [2.24, 2.45) is 0 Å². The number of hydrogen-bond acceptors (Lipinski definition) is 4. The minimum Gasteiger partial charge on any atom is -0.496 e. The van der Waals surface area contributed by atoms with E-state index in [9.17, 15) is 0 Å². The second kappa shape index (κ2) is 4.71. The summed E-state index contributed by atoms with van der Waals surface area (Å²) >= 11 is 1.44. The molecule has 1 aromatic heterocycles. The SMILES string of the molecule is COc1ccc2cnsc2c1-c1cccc(C#N)c1. The van der Waals surface area contributed by atoms with E-state index in [1.807, 2.05) is 36.5 Å². The topological polar surface area (TPSA) is 45.9 Å². The van der Waals surface area contributed by atoms with E-state index in [4.69, 9.17) is 10.00 Å². The summed E-state index contributed by atoms with van der Waals surface area (Å²) in [5.74, 6) is 0.798. The lowest BCUT2D eigenvalue weighted by atomic mass is 10.0. The Morgan fingerprint density at radius 2 is 2.16 bits per heavy atom. The fraction of sp³-hybridized carbons (Fsp3) is 0.0667. The largest absolute Gasteiger partial charge is 0.496 e. The number of fused-ring (bicyclic) bond motifs is 1. The zero-order valence-corrected chi connectivity index (χ0v) is 11.1. The third-order valence-electron chi connectivity index (χ3n) is 2.99. The first kappa shape index (κ1) is 11.7. The van der Waals surface area contributed by atoms with Gasteiger partial charge in [-0.2, -0.15) is 9.64 Å². The van der Waals surface area contributed by atoms with Crippen LogP contribution in [0.5, 0.6) is 5.75 Å². The Hall–Kier alpha value is -2.38. The van der Waals surface area contributed by atoms with Gasteiger partial charge in [0.1, 0.15) is 5.75 Å². The van der Waals surface area contributed by atoms with Crippen molar-refractivity contribution in [2.75, 3.05) is 7.11 Å². The highest BCUT2D eigenvalue weighted by Gasteiger charge is 2.12. The molecule has 1 heterocycles. The average molecular weight is 266 g/mol. The van der Waals surface area contributed by atoms with Crippen molar-refractivity contribution in [3.63, 3.8) is 0 Å². The van der Waals surface area contributed by atoms with Gasteiger partial charge in [-0.25, -0.2) is 0 Å². The summed E-state index contributed by atoms with van der Waals surface area (Å²) in [6, 6.07) is 13.6. The number of rotatable bonds is 2. The molecule has 0 spiro atoms. The number of aromatic nitrogens is 1. The highest BCUT2D eigenvalue weighted by molar-refractivity contribution is 7.14. The van der Waals surface area contributed by atoms with Gasteiger partial charge in [0.2, 0.25) is 0 Å². The minimum atomic E-state index is 0.640. The van der Waals surface area contributed by atoms with Gasteiger partial charge in [0.15, 0.2) is 0 Å². The van der Waals surface area contributed by atoms with Crippen molar-refractivity contribution in [1.82, 2.24) is 4.37 Å². The van der Waals surface area contributed by atoms with Crippen LogP contribution in [-0.4, -0.2) is 11.5 Å². The molecule has 0 aliphatic carbocycles. The second-order valence-corrected chi connectivity index (χ2v) is 4.88. The van der Waals surface area contributed by atoms with Gasteiger partial charge in [-0.3, -0.25) is 0 Å². The first-order valence-electron chi connectivity index (χ1n) is 5.75. The van der Waals surface area contributed by atoms with Crippen LogP contribution < -0.4 is 4.74 Å². The van der Waals surface area contributed by atoms with Crippen molar-refractivity contribution < 1.29 is 4.74 Å². The standard InChI is InChI=1S/C15H10N2OS/c1-18-13-6-5-12-9-17-19-15(12)14(13)11-4-2-3-10(7-11)8-16/h2-7,9H,1H3. The Morgan fingerprint density at radius 3 is 2.95 bits per heavy atom. The maximum absolute atomic E-state index is 9.02. The van der Waals surface area contributed by atoms with E-state index in [0.717, 1.165) is 27.0 Å². The molecule has 0 fully saturated rings. The van der Waals surface area contributed by atoms with Crippen LogP contribution in [-0.2, 0) is 0 Å². The van der Waals surface area contributed by atoms with Crippen LogP contribution in [0.3, 0.4) is 0 Å². The van der Waals surface area contributed by atoms with Crippen LogP contribution in [0.25, 0.3) is 21.2 Å². The van der Waals surface area contributed by atoms with E-state index in [1.165, 1.54) is 11.5 Å². The van der Waals surface area contributed by atoms with Crippen LogP contribution in [0.1, 0.15) is 5.56 Å². The summed E-state index contributed by atoms with van der Waals surface area (Å²) in [6.07, 6.45) is 1.84. The molecule has 92 valence electrons. The van der Waals surface area contributed by atoms with Crippen LogP contribution >= 0.6 is 11.5 Å². The molecule has 0 unspecified atom stereocenters. The van der Waals surface area contributed by atoms with Gasteiger partial charge >= 0.3 is 0 Å². The Balaban J connectivity index is 2.33. The number of nitriles is 1. The maximum atomic E-state index is 9.02. The molecule has 0 saturated heterocycles. The summed E-state index contributed by atoms with van der Waals surface area (Å²) in [5.41, 5.74) is 2.62. The van der Waals surface area contributed by atoms with Gasteiger partial charge < -0.3 is 4.74 Å². The minimum absolute atomic E-state index is 0.640. The number of benzene rings is 2. The summed E-state index contributed by atoms with van der Waals surface area (Å²) in [7, 11) is 1.65. The van der Waals surface area contributed by atoms with Gasteiger partial charge in [-0.05, 0) is 41.4 Å². The van der Waals surface area contributed by atoms with E-state index in [0.29, 0.717) is 5.56 Å². The number of methoxy groups -OCH3 is 1. The van der Waals surface area contributed by atoms with Gasteiger partial charge in [0, 0.05) is 17.1 Å². The summed E-state index contributed by atoms with van der Waals surface area (Å²) in [5, 5.41) is 10.1. The molecular formula is C15H10N2OS. The highest BCUT2D eigenvalue weighted by Crippen LogP contribution is 2.38. The number of nitrogens with zero attached hydrogens (tertiary/aromatic N) is 2. The Kier molecular flexibility index (Phi) is 2.90. The summed E-state index contributed by atoms with van der Waals surface area (Å²) < 4.78 is 10.8. The van der Waals surface area contributed by atoms with Gasteiger partial charge in [-0.15, -0.1) is 0 Å². The quantitative estimate of drug-likeness (QED) is 0.708. The monoisotopic (exact) mass is 266 g/mol. The zero-order valence-electron chi connectivity index (χ0n) is 10.3. The van der Waals surface area contributed by atoms with E-state index in [-0.39, 0.29) is 0 Å². The molecular weight excluding hydrogens is 256 g/mol. The zero-order chi connectivity index (χ0) is 13.2. The van der Waals surface area contributed by atoms with Crippen molar-refractivity contribution in [3.8, 4) is 22.9 Å². The lowest BCUT2D eigenvalue weighted by molar-refractivity contribution is 0.417. The second-order valence-electron chi connectivity index (χ2n) is 4.08. The first-order valence-corrected chi connectivity index (χ1v) is 6.52. The lowest BCUT2D eigenvalue weighted by Gasteiger charge is -2.09. The molecule has 4 heteroatoms. The van der Waals surface area contributed by atoms with Gasteiger partial charge in [-0.1, -0.05) is 12.1 Å². The van der Waals surface area contributed by atoms with Crippen LogP contribution in [0.4, 0.5) is 0 Å². The third-order valence-corrected chi connectivity index (χ3v) is 3.82. The average Bonchev–Trinajstić information content (AvgIpc) is 2.94. The molecule has 0 radical (unpaired) electrons. The molecule has 0 aliphatic rings. The van der Waals surface area contributed by atoms with Crippen molar-refractivity contribution in [2.45, 2.75) is 0 Å². The molecule has 3 nitrogen and oxygen atoms in total. The van der Waals surface area contributed by atoms with Crippen LogP contribution in [0, 0.1) is 11.3 Å². The molecule has 2 aromatic carbocycles. The van der Waals surface area contributed by atoms with Crippen LogP contribution in [0.2, 0.25) is 0 Å². The number of hydrogen-bond donors (Lipinski definition) is 0. The first-order chi connectivity index (χ1) is 9.33. The summed E-state index contributed by atoms with van der Waals surface area (Å²) in [4.78, 5) is 0. The third kappa shape index (κ3) is 1.94.